The van der Waals surface area contributed by atoms with E-state index in [0.717, 1.165) is 13.1 Å². The minimum Gasteiger partial charge on any atom is -0.372 e. The first kappa shape index (κ1) is 12.7. The fourth-order valence-electron chi connectivity index (χ4n) is 2.92. The van der Waals surface area contributed by atoms with Gasteiger partial charge in [-0.05, 0) is 48.2 Å². The number of fused-ring (bicyclic) bond motifs is 3. The van der Waals surface area contributed by atoms with Crippen molar-refractivity contribution in [2.45, 2.75) is 18.7 Å². The Balaban J connectivity index is 2.10. The number of rotatable bonds is 3. The molecule has 2 heteroatoms. The number of hydrogen-bond acceptors (Lipinski definition) is 1. The van der Waals surface area contributed by atoms with Crippen LogP contribution in [-0.2, 0) is 0 Å². The van der Waals surface area contributed by atoms with Crippen molar-refractivity contribution >= 4 is 21.6 Å². The minimum atomic E-state index is 0.328. The first-order chi connectivity index (χ1) is 9.26. The molecule has 0 saturated carbocycles. The van der Waals surface area contributed by atoms with Crippen molar-refractivity contribution in [1.29, 1.82) is 0 Å². The van der Waals surface area contributed by atoms with Gasteiger partial charge in [-0.15, -0.1) is 0 Å². The van der Waals surface area contributed by atoms with Gasteiger partial charge in [0.15, 0.2) is 0 Å². The second-order valence-corrected chi connectivity index (χ2v) is 5.81. The van der Waals surface area contributed by atoms with Crippen molar-refractivity contribution in [3.05, 3.63) is 53.6 Å². The molecule has 98 valence electrons. The summed E-state index contributed by atoms with van der Waals surface area (Å²) in [6.07, 6.45) is 0. The van der Waals surface area contributed by atoms with Crippen molar-refractivity contribution in [1.82, 2.24) is 0 Å². The largest absolute Gasteiger partial charge is 0.372 e. The van der Waals surface area contributed by atoms with Crippen LogP contribution in [0, 0.1) is 0 Å². The zero-order valence-electron chi connectivity index (χ0n) is 11.4. The van der Waals surface area contributed by atoms with Crippen LogP contribution in [-0.4, -0.2) is 13.1 Å². The summed E-state index contributed by atoms with van der Waals surface area (Å²) >= 11 is 3.84. The molecule has 0 aliphatic heterocycles. The predicted molar refractivity (Wildman–Crippen MR) is 86.2 cm³/mol. The molecule has 1 atom stereocenters. The van der Waals surface area contributed by atoms with Crippen molar-refractivity contribution in [2.75, 3.05) is 18.0 Å². The summed E-state index contributed by atoms with van der Waals surface area (Å²) in [4.78, 5) is 2.72. The topological polar surface area (TPSA) is 3.24 Å². The molecule has 1 aliphatic carbocycles. The highest BCUT2D eigenvalue weighted by molar-refractivity contribution is 9.09. The summed E-state index contributed by atoms with van der Waals surface area (Å²) in [5.74, 6) is 0. The Morgan fingerprint density at radius 1 is 0.947 bits per heavy atom. The molecule has 3 rings (SSSR count). The first-order valence-electron chi connectivity index (χ1n) is 6.88. The van der Waals surface area contributed by atoms with Gasteiger partial charge in [-0.3, -0.25) is 0 Å². The molecule has 0 amide bonds. The number of anilines is 1. The second kappa shape index (κ2) is 5.01. The first-order valence-corrected chi connectivity index (χ1v) is 7.80. The maximum absolute atomic E-state index is 3.84. The molecule has 1 aliphatic rings. The van der Waals surface area contributed by atoms with Crippen LogP contribution < -0.4 is 4.90 Å². The van der Waals surface area contributed by atoms with Crippen LogP contribution >= 0.6 is 15.9 Å². The molecular formula is C17H18BrN. The molecule has 1 nitrogen and oxygen atoms in total. The van der Waals surface area contributed by atoms with E-state index >= 15 is 0 Å². The minimum absolute atomic E-state index is 0.328. The molecule has 0 fully saturated rings. The van der Waals surface area contributed by atoms with Crippen LogP contribution in [0.5, 0.6) is 0 Å². The fourth-order valence-corrected chi connectivity index (χ4v) is 3.70. The van der Waals surface area contributed by atoms with Gasteiger partial charge >= 0.3 is 0 Å². The Morgan fingerprint density at radius 2 is 1.63 bits per heavy atom. The smallest absolute Gasteiger partial charge is 0.0657 e. The molecule has 0 saturated heterocycles. The van der Waals surface area contributed by atoms with Crippen LogP contribution in [0.25, 0.3) is 11.1 Å². The lowest BCUT2D eigenvalue weighted by Crippen LogP contribution is -2.21. The maximum atomic E-state index is 3.84. The zero-order valence-corrected chi connectivity index (χ0v) is 12.9. The number of benzene rings is 2. The van der Waals surface area contributed by atoms with Crippen LogP contribution in [0.4, 0.5) is 5.69 Å². The van der Waals surface area contributed by atoms with E-state index < -0.39 is 0 Å². The normalized spacial score (nSPS) is 16.1. The molecule has 0 spiro atoms. The number of nitrogens with zero attached hydrogens (tertiary/aromatic N) is 1. The van der Waals surface area contributed by atoms with E-state index in [2.05, 4.69) is 77.1 Å². The standard InChI is InChI=1S/C17H18BrN/c1-3-19(4-2)12-9-10-14-13-7-5-6-8-15(13)17(18)16(14)11-12/h5-11,17H,3-4H2,1-2H3/t17-/m0/s1. The summed E-state index contributed by atoms with van der Waals surface area (Å²) in [6.45, 7) is 6.51. The Morgan fingerprint density at radius 3 is 2.37 bits per heavy atom. The fraction of sp³-hybridized carbons (Fsp3) is 0.294. The summed E-state index contributed by atoms with van der Waals surface area (Å²) in [5.41, 5.74) is 6.83. The Kier molecular flexibility index (Phi) is 3.36. The van der Waals surface area contributed by atoms with Crippen molar-refractivity contribution < 1.29 is 0 Å². The third-order valence-electron chi connectivity index (χ3n) is 3.96. The van der Waals surface area contributed by atoms with Gasteiger partial charge in [0.1, 0.15) is 0 Å². The molecule has 2 aromatic carbocycles. The third-order valence-corrected chi connectivity index (χ3v) is 4.95. The van der Waals surface area contributed by atoms with Crippen LogP contribution in [0.3, 0.4) is 0 Å². The molecule has 19 heavy (non-hydrogen) atoms. The van der Waals surface area contributed by atoms with Crippen LogP contribution in [0.2, 0.25) is 0 Å². The SMILES string of the molecule is CCN(CC)c1ccc2c(c1)[C@@H](Br)c1ccccc1-2. The Bertz CT molecular complexity index is 602. The van der Waals surface area contributed by atoms with Crippen molar-refractivity contribution in [3.8, 4) is 11.1 Å². The molecule has 0 heterocycles. The second-order valence-electron chi connectivity index (χ2n) is 4.89. The van der Waals surface area contributed by atoms with E-state index in [1.165, 1.54) is 27.9 Å². The Hall–Kier alpha value is -1.28. The highest BCUT2D eigenvalue weighted by Gasteiger charge is 2.26. The number of alkyl halides is 1. The molecule has 0 N–H and O–H groups in total. The monoisotopic (exact) mass is 315 g/mol. The molecule has 0 unspecified atom stereocenters. The molecule has 0 aromatic heterocycles. The quantitative estimate of drug-likeness (QED) is 0.721. The summed E-state index contributed by atoms with van der Waals surface area (Å²) in [6, 6.07) is 15.5. The van der Waals surface area contributed by atoms with Crippen molar-refractivity contribution in [3.63, 3.8) is 0 Å². The summed E-state index contributed by atoms with van der Waals surface area (Å²) < 4.78 is 0. The van der Waals surface area contributed by atoms with Crippen LogP contribution in [0.15, 0.2) is 42.5 Å². The van der Waals surface area contributed by atoms with E-state index in [4.69, 9.17) is 0 Å². The van der Waals surface area contributed by atoms with Gasteiger partial charge in [0.2, 0.25) is 0 Å². The average molecular weight is 316 g/mol. The van der Waals surface area contributed by atoms with E-state index in [-0.39, 0.29) is 0 Å². The lowest BCUT2D eigenvalue weighted by Gasteiger charge is -2.22. The van der Waals surface area contributed by atoms with E-state index in [1.807, 2.05) is 0 Å². The van der Waals surface area contributed by atoms with E-state index in [0.29, 0.717) is 4.83 Å². The summed E-state index contributed by atoms with van der Waals surface area (Å²) in [7, 11) is 0. The van der Waals surface area contributed by atoms with E-state index in [9.17, 15) is 0 Å². The highest BCUT2D eigenvalue weighted by atomic mass is 79.9. The molecule has 0 radical (unpaired) electrons. The van der Waals surface area contributed by atoms with Crippen LogP contribution in [0.1, 0.15) is 29.8 Å². The van der Waals surface area contributed by atoms with Gasteiger partial charge in [0.25, 0.3) is 0 Å². The van der Waals surface area contributed by atoms with E-state index in [1.54, 1.807) is 0 Å². The number of halogens is 1. The van der Waals surface area contributed by atoms with Gasteiger partial charge < -0.3 is 4.90 Å². The molecular weight excluding hydrogens is 298 g/mol. The zero-order chi connectivity index (χ0) is 13.4. The third kappa shape index (κ3) is 1.99. The predicted octanol–water partition coefficient (Wildman–Crippen LogP) is 5.00. The maximum Gasteiger partial charge on any atom is 0.0657 e. The van der Waals surface area contributed by atoms with Gasteiger partial charge in [-0.2, -0.15) is 0 Å². The molecule has 2 aromatic rings. The van der Waals surface area contributed by atoms with Gasteiger partial charge in [-0.25, -0.2) is 0 Å². The average Bonchev–Trinajstić information content (AvgIpc) is 2.74. The van der Waals surface area contributed by atoms with Gasteiger partial charge in [0.05, 0.1) is 4.83 Å². The number of hydrogen-bond donors (Lipinski definition) is 0. The lowest BCUT2D eigenvalue weighted by molar-refractivity contribution is 0.865. The lowest BCUT2D eigenvalue weighted by atomic mass is 10.1. The summed E-state index contributed by atoms with van der Waals surface area (Å²) in [5, 5.41) is 0. The highest BCUT2D eigenvalue weighted by Crippen LogP contribution is 2.48. The van der Waals surface area contributed by atoms with Gasteiger partial charge in [-0.1, -0.05) is 46.3 Å². The van der Waals surface area contributed by atoms with Crippen molar-refractivity contribution in [2.24, 2.45) is 0 Å². The van der Waals surface area contributed by atoms with Gasteiger partial charge in [0, 0.05) is 18.8 Å². The molecule has 0 bridgehead atoms. The Labute approximate surface area is 123 Å².